The van der Waals surface area contributed by atoms with E-state index < -0.39 is 5.97 Å². The third-order valence-corrected chi connectivity index (χ3v) is 6.57. The number of fused-ring (bicyclic) bond motifs is 7. The first-order valence-electron chi connectivity index (χ1n) is 9.01. The van der Waals surface area contributed by atoms with Gasteiger partial charge in [0.25, 0.3) is 0 Å². The van der Waals surface area contributed by atoms with Gasteiger partial charge in [-0.15, -0.1) is 0 Å². The van der Waals surface area contributed by atoms with Crippen LogP contribution < -0.4 is 5.32 Å². The van der Waals surface area contributed by atoms with Gasteiger partial charge in [-0.2, -0.15) is 0 Å². The Morgan fingerprint density at radius 3 is 2.68 bits per heavy atom. The smallest absolute Gasteiger partial charge is 0.335 e. The minimum Gasteiger partial charge on any atom is -0.478 e. The van der Waals surface area contributed by atoms with E-state index in [1.807, 2.05) is 24.3 Å². The van der Waals surface area contributed by atoms with Crippen LogP contribution in [0.1, 0.15) is 52.7 Å². The Hall–Kier alpha value is -2.36. The van der Waals surface area contributed by atoms with Gasteiger partial charge in [-0.05, 0) is 72.8 Å². The first-order chi connectivity index (χ1) is 12.1. The Kier molecular flexibility index (Phi) is 3.18. The van der Waals surface area contributed by atoms with Crippen LogP contribution in [0.3, 0.4) is 0 Å². The van der Waals surface area contributed by atoms with Crippen molar-refractivity contribution in [2.75, 3.05) is 5.32 Å². The van der Waals surface area contributed by atoms with Crippen LogP contribution in [0.5, 0.6) is 0 Å². The van der Waals surface area contributed by atoms with Crippen LogP contribution in [0, 0.1) is 23.6 Å². The molecule has 3 aliphatic rings. The predicted octanol–water partition coefficient (Wildman–Crippen LogP) is 4.82. The van der Waals surface area contributed by atoms with Gasteiger partial charge in [0.2, 0.25) is 0 Å². The fourth-order valence-electron chi connectivity index (χ4n) is 5.66. The maximum atomic E-state index is 14.5. The first-order valence-corrected chi connectivity index (χ1v) is 9.01. The highest BCUT2D eigenvalue weighted by Gasteiger charge is 2.54. The van der Waals surface area contributed by atoms with Crippen molar-refractivity contribution in [1.82, 2.24) is 0 Å². The molecule has 4 heteroatoms. The van der Waals surface area contributed by atoms with Gasteiger partial charge < -0.3 is 10.4 Å². The lowest BCUT2D eigenvalue weighted by atomic mass is 9.68. The fraction of sp³-hybridized carbons (Fsp3) is 0.381. The van der Waals surface area contributed by atoms with Gasteiger partial charge in [-0.25, -0.2) is 9.18 Å². The molecular formula is C21H20FNO2. The molecule has 2 aromatic carbocycles. The lowest BCUT2D eigenvalue weighted by Gasteiger charge is -2.43. The number of halogens is 1. The highest BCUT2D eigenvalue weighted by molar-refractivity contribution is 5.88. The average Bonchev–Trinajstić information content (AvgIpc) is 3.23. The van der Waals surface area contributed by atoms with E-state index in [9.17, 15) is 14.3 Å². The summed E-state index contributed by atoms with van der Waals surface area (Å²) in [6.07, 6.45) is 3.58. The molecule has 0 aromatic heterocycles. The van der Waals surface area contributed by atoms with E-state index in [0.29, 0.717) is 29.2 Å². The Morgan fingerprint density at radius 2 is 1.88 bits per heavy atom. The molecule has 5 rings (SSSR count). The molecule has 0 radical (unpaired) electrons. The maximum absolute atomic E-state index is 14.5. The number of hydrogen-bond donors (Lipinski definition) is 2. The van der Waals surface area contributed by atoms with E-state index >= 15 is 0 Å². The second kappa shape index (κ2) is 5.32. The third-order valence-electron chi connectivity index (χ3n) is 6.57. The second-order valence-electron chi connectivity index (χ2n) is 7.69. The van der Waals surface area contributed by atoms with Crippen LogP contribution in [0.2, 0.25) is 0 Å². The molecule has 3 nitrogen and oxygen atoms in total. The summed E-state index contributed by atoms with van der Waals surface area (Å²) in [6.45, 7) is 0. The zero-order valence-electron chi connectivity index (χ0n) is 13.8. The van der Waals surface area contributed by atoms with Gasteiger partial charge in [0.15, 0.2) is 0 Å². The van der Waals surface area contributed by atoms with Crippen LogP contribution in [0.15, 0.2) is 42.5 Å². The molecule has 2 N–H and O–H groups in total. The predicted molar refractivity (Wildman–Crippen MR) is 93.2 cm³/mol. The zero-order valence-corrected chi connectivity index (χ0v) is 13.8. The Balaban J connectivity index is 1.65. The fourth-order valence-corrected chi connectivity index (χ4v) is 5.66. The molecule has 0 amide bonds. The minimum atomic E-state index is -0.890. The second-order valence-corrected chi connectivity index (χ2v) is 7.69. The summed E-state index contributed by atoms with van der Waals surface area (Å²) in [4.78, 5) is 11.4. The van der Waals surface area contributed by atoms with Crippen LogP contribution in [-0.4, -0.2) is 11.1 Å². The molecule has 1 aliphatic heterocycles. The van der Waals surface area contributed by atoms with Crippen molar-refractivity contribution in [2.24, 2.45) is 17.8 Å². The van der Waals surface area contributed by atoms with E-state index in [0.717, 1.165) is 16.8 Å². The Labute approximate surface area is 145 Å². The number of carboxylic acids is 1. The summed E-state index contributed by atoms with van der Waals surface area (Å²) in [7, 11) is 0. The molecule has 128 valence electrons. The topological polar surface area (TPSA) is 49.3 Å². The summed E-state index contributed by atoms with van der Waals surface area (Å²) in [6, 6.07) is 12.3. The van der Waals surface area contributed by atoms with Gasteiger partial charge in [0, 0.05) is 11.3 Å². The monoisotopic (exact) mass is 337 g/mol. The van der Waals surface area contributed by atoms with E-state index in [2.05, 4.69) is 5.32 Å². The molecular weight excluding hydrogens is 317 g/mol. The van der Waals surface area contributed by atoms with Crippen LogP contribution >= 0.6 is 0 Å². The minimum absolute atomic E-state index is 0.0373. The molecule has 2 aromatic rings. The Morgan fingerprint density at radius 1 is 1.08 bits per heavy atom. The molecule has 2 bridgehead atoms. The van der Waals surface area contributed by atoms with Gasteiger partial charge in [0.05, 0.1) is 11.6 Å². The number of hydrogen-bond acceptors (Lipinski definition) is 2. The van der Waals surface area contributed by atoms with Crippen molar-refractivity contribution in [3.8, 4) is 0 Å². The normalized spacial score (nSPS) is 32.0. The SMILES string of the molecule is O=C(O)c1ccc2c(c1)[C@H]1[C@H]3CC[C@H](C3)[C@@H]1[C@@H](c1ccccc1F)N2. The molecule has 0 spiro atoms. The molecule has 0 saturated heterocycles. The standard InChI is InChI=1S/C21H20FNO2/c22-16-4-2-1-3-14(16)20-19-12-6-5-11(9-12)18(19)15-10-13(21(24)25)7-8-17(15)23-20/h1-4,7-8,10-12,18-20,23H,5-6,9H2,(H,24,25)/t11-,12+,18+,19-,20+/m0/s1. The molecule has 1 heterocycles. The van der Waals surface area contributed by atoms with E-state index in [1.165, 1.54) is 25.3 Å². The van der Waals surface area contributed by atoms with Crippen molar-refractivity contribution in [2.45, 2.75) is 31.2 Å². The lowest BCUT2D eigenvalue weighted by Crippen LogP contribution is -2.36. The highest BCUT2D eigenvalue weighted by atomic mass is 19.1. The molecule has 2 fully saturated rings. The van der Waals surface area contributed by atoms with E-state index in [1.54, 1.807) is 12.1 Å². The summed E-state index contributed by atoms with van der Waals surface area (Å²) in [5.74, 6) is 0.805. The summed E-state index contributed by atoms with van der Waals surface area (Å²) >= 11 is 0. The zero-order chi connectivity index (χ0) is 17.1. The van der Waals surface area contributed by atoms with Crippen molar-refractivity contribution < 1.29 is 14.3 Å². The van der Waals surface area contributed by atoms with Crippen LogP contribution in [0.25, 0.3) is 0 Å². The first kappa shape index (κ1) is 14.9. The number of nitrogens with one attached hydrogen (secondary N) is 1. The molecule has 2 saturated carbocycles. The van der Waals surface area contributed by atoms with E-state index in [-0.39, 0.29) is 11.9 Å². The third kappa shape index (κ3) is 2.13. The summed E-state index contributed by atoms with van der Waals surface area (Å²) in [5, 5.41) is 12.9. The van der Waals surface area contributed by atoms with Crippen LogP contribution in [0.4, 0.5) is 10.1 Å². The summed E-state index contributed by atoms with van der Waals surface area (Å²) in [5.41, 5.74) is 3.15. The van der Waals surface area contributed by atoms with Gasteiger partial charge >= 0.3 is 5.97 Å². The number of rotatable bonds is 2. The van der Waals surface area contributed by atoms with Crippen molar-refractivity contribution in [1.29, 1.82) is 0 Å². The molecule has 2 aliphatic carbocycles. The molecule has 5 atom stereocenters. The maximum Gasteiger partial charge on any atom is 0.335 e. The summed E-state index contributed by atoms with van der Waals surface area (Å²) < 4.78 is 14.5. The average molecular weight is 337 g/mol. The highest BCUT2D eigenvalue weighted by Crippen LogP contribution is 2.63. The molecule has 25 heavy (non-hydrogen) atoms. The molecule has 0 unspecified atom stereocenters. The number of carboxylic acid groups (broad SMARTS) is 1. The quantitative estimate of drug-likeness (QED) is 0.826. The van der Waals surface area contributed by atoms with Gasteiger partial charge in [0.1, 0.15) is 5.82 Å². The Bertz CT molecular complexity index is 865. The van der Waals surface area contributed by atoms with E-state index in [4.69, 9.17) is 0 Å². The van der Waals surface area contributed by atoms with Gasteiger partial charge in [-0.1, -0.05) is 18.2 Å². The number of carbonyl (C=O) groups is 1. The van der Waals surface area contributed by atoms with Crippen molar-refractivity contribution in [3.63, 3.8) is 0 Å². The van der Waals surface area contributed by atoms with Crippen molar-refractivity contribution >= 4 is 11.7 Å². The van der Waals surface area contributed by atoms with Crippen LogP contribution in [-0.2, 0) is 0 Å². The lowest BCUT2D eigenvalue weighted by molar-refractivity contribution is 0.0696. The largest absolute Gasteiger partial charge is 0.478 e. The van der Waals surface area contributed by atoms with Gasteiger partial charge in [-0.3, -0.25) is 0 Å². The number of anilines is 1. The number of benzene rings is 2. The number of aromatic carboxylic acids is 1. The van der Waals surface area contributed by atoms with Crippen molar-refractivity contribution in [3.05, 3.63) is 65.0 Å².